The molecule has 0 saturated heterocycles. The normalized spacial score (nSPS) is 10.9. The van der Waals surface area contributed by atoms with Gasteiger partial charge in [-0.2, -0.15) is 0 Å². The molecule has 0 unspecified atom stereocenters. The van der Waals surface area contributed by atoms with Crippen molar-refractivity contribution in [3.8, 4) is 0 Å². The molecule has 3 aromatic rings. The summed E-state index contributed by atoms with van der Waals surface area (Å²) in [4.78, 5) is 15.0. The second kappa shape index (κ2) is 4.80. The molecule has 0 radical (unpaired) electrons. The molecular formula is C14H16N6. The van der Waals surface area contributed by atoms with Gasteiger partial charge in [-0.15, -0.1) is 0 Å². The van der Waals surface area contributed by atoms with E-state index >= 15 is 0 Å². The van der Waals surface area contributed by atoms with Crippen molar-refractivity contribution in [2.24, 2.45) is 7.05 Å². The van der Waals surface area contributed by atoms with E-state index in [4.69, 9.17) is 5.73 Å². The van der Waals surface area contributed by atoms with E-state index in [0.717, 1.165) is 22.5 Å². The maximum Gasteiger partial charge on any atom is 0.140 e. The molecule has 0 amide bonds. The lowest BCUT2D eigenvalue weighted by molar-refractivity contribution is 0.756. The molecule has 0 spiro atoms. The Bertz CT molecular complexity index is 748. The molecule has 6 heteroatoms. The van der Waals surface area contributed by atoms with Crippen LogP contribution in [0.5, 0.6) is 0 Å². The summed E-state index contributed by atoms with van der Waals surface area (Å²) >= 11 is 0. The smallest absolute Gasteiger partial charge is 0.140 e. The van der Waals surface area contributed by atoms with Crippen molar-refractivity contribution >= 4 is 22.4 Å². The number of benzene rings is 1. The number of imidazole rings is 1. The molecule has 0 fully saturated rings. The van der Waals surface area contributed by atoms with Crippen molar-refractivity contribution in [2.75, 3.05) is 17.7 Å². The van der Waals surface area contributed by atoms with E-state index in [0.29, 0.717) is 12.2 Å². The van der Waals surface area contributed by atoms with Crippen LogP contribution in [0.1, 0.15) is 5.82 Å². The van der Waals surface area contributed by atoms with Crippen LogP contribution < -0.4 is 10.6 Å². The van der Waals surface area contributed by atoms with Crippen LogP contribution in [0.2, 0.25) is 0 Å². The summed E-state index contributed by atoms with van der Waals surface area (Å²) in [6.07, 6.45) is 5.29. The van der Waals surface area contributed by atoms with Crippen LogP contribution >= 0.6 is 0 Å². The Morgan fingerprint density at radius 1 is 1.25 bits per heavy atom. The molecule has 0 aliphatic heterocycles. The van der Waals surface area contributed by atoms with Gasteiger partial charge in [0.1, 0.15) is 18.0 Å². The van der Waals surface area contributed by atoms with Gasteiger partial charge in [-0.1, -0.05) is 0 Å². The predicted octanol–water partition coefficient (Wildman–Crippen LogP) is 1.58. The van der Waals surface area contributed by atoms with E-state index in [2.05, 4.69) is 15.0 Å². The minimum atomic E-state index is 0.671. The Hall–Kier alpha value is -2.63. The number of rotatable bonds is 3. The summed E-state index contributed by atoms with van der Waals surface area (Å²) < 4.78 is 1.99. The first kappa shape index (κ1) is 12.4. The Morgan fingerprint density at radius 3 is 2.85 bits per heavy atom. The molecule has 0 aliphatic carbocycles. The Kier molecular flexibility index (Phi) is 2.98. The number of aryl methyl sites for hydroxylation is 1. The highest BCUT2D eigenvalue weighted by atomic mass is 15.2. The third kappa shape index (κ3) is 2.16. The monoisotopic (exact) mass is 268 g/mol. The lowest BCUT2D eigenvalue weighted by Crippen LogP contribution is -2.20. The summed E-state index contributed by atoms with van der Waals surface area (Å²) in [6, 6.07) is 5.65. The van der Waals surface area contributed by atoms with Gasteiger partial charge in [-0.25, -0.2) is 15.0 Å². The van der Waals surface area contributed by atoms with Gasteiger partial charge >= 0.3 is 0 Å². The van der Waals surface area contributed by atoms with Gasteiger partial charge in [0.05, 0.1) is 12.1 Å². The zero-order chi connectivity index (χ0) is 14.1. The second-order valence-electron chi connectivity index (χ2n) is 4.78. The molecule has 6 nitrogen and oxygen atoms in total. The lowest BCUT2D eigenvalue weighted by atomic mass is 10.2. The fourth-order valence-corrected chi connectivity index (χ4v) is 2.20. The van der Waals surface area contributed by atoms with Gasteiger partial charge in [0.2, 0.25) is 0 Å². The molecule has 1 aromatic carbocycles. The molecule has 102 valence electrons. The minimum absolute atomic E-state index is 0.671. The third-order valence-corrected chi connectivity index (χ3v) is 3.30. The van der Waals surface area contributed by atoms with Gasteiger partial charge in [0, 0.05) is 37.6 Å². The number of anilines is 2. The zero-order valence-electron chi connectivity index (χ0n) is 11.5. The van der Waals surface area contributed by atoms with Gasteiger partial charge in [-0.05, 0) is 18.2 Å². The standard InChI is InChI=1S/C14H16N6/c1-19-6-5-16-13(19)8-20(2)14-11-7-10(15)3-4-12(11)17-9-18-14/h3-7,9H,8,15H2,1-2H3. The minimum Gasteiger partial charge on any atom is -0.399 e. The summed E-state index contributed by atoms with van der Waals surface area (Å²) in [5.41, 5.74) is 7.45. The SMILES string of the molecule is CN(Cc1nccn1C)c1ncnc2ccc(N)cc12. The van der Waals surface area contributed by atoms with Crippen LogP contribution in [0.3, 0.4) is 0 Å². The topological polar surface area (TPSA) is 72.9 Å². The van der Waals surface area contributed by atoms with Crippen molar-refractivity contribution in [3.63, 3.8) is 0 Å². The molecule has 20 heavy (non-hydrogen) atoms. The molecule has 2 heterocycles. The number of fused-ring (bicyclic) bond motifs is 1. The van der Waals surface area contributed by atoms with Crippen LogP contribution in [0.4, 0.5) is 11.5 Å². The molecule has 0 aliphatic rings. The van der Waals surface area contributed by atoms with Crippen molar-refractivity contribution < 1.29 is 0 Å². The highest BCUT2D eigenvalue weighted by Gasteiger charge is 2.11. The number of aromatic nitrogens is 4. The summed E-state index contributed by atoms with van der Waals surface area (Å²) in [5.74, 6) is 1.83. The van der Waals surface area contributed by atoms with Gasteiger partial charge in [-0.3, -0.25) is 0 Å². The first-order valence-electron chi connectivity index (χ1n) is 6.33. The largest absolute Gasteiger partial charge is 0.399 e. The van der Waals surface area contributed by atoms with Crippen molar-refractivity contribution in [1.82, 2.24) is 19.5 Å². The number of nitrogens with two attached hydrogens (primary N) is 1. The Balaban J connectivity index is 2.01. The molecule has 2 N–H and O–H groups in total. The number of hydrogen-bond donors (Lipinski definition) is 1. The summed E-state index contributed by atoms with van der Waals surface area (Å²) in [6.45, 7) is 0.671. The zero-order valence-corrected chi connectivity index (χ0v) is 11.5. The number of nitrogen functional groups attached to an aromatic ring is 1. The number of hydrogen-bond acceptors (Lipinski definition) is 5. The van der Waals surface area contributed by atoms with E-state index in [1.54, 1.807) is 12.5 Å². The van der Waals surface area contributed by atoms with E-state index in [9.17, 15) is 0 Å². The van der Waals surface area contributed by atoms with Crippen LogP contribution in [-0.4, -0.2) is 26.6 Å². The average molecular weight is 268 g/mol. The predicted molar refractivity (Wildman–Crippen MR) is 79.3 cm³/mol. The van der Waals surface area contributed by atoms with E-state index < -0.39 is 0 Å². The fraction of sp³-hybridized carbons (Fsp3) is 0.214. The quantitative estimate of drug-likeness (QED) is 0.730. The molecule has 0 saturated carbocycles. The van der Waals surface area contributed by atoms with Gasteiger partial charge in [0.25, 0.3) is 0 Å². The summed E-state index contributed by atoms with van der Waals surface area (Å²) in [7, 11) is 3.96. The average Bonchev–Trinajstić information content (AvgIpc) is 2.83. The first-order valence-corrected chi connectivity index (χ1v) is 6.33. The molecule has 2 aromatic heterocycles. The van der Waals surface area contributed by atoms with Crippen LogP contribution in [0, 0.1) is 0 Å². The molecule has 0 bridgehead atoms. The molecule has 3 rings (SSSR count). The van der Waals surface area contributed by atoms with Crippen molar-refractivity contribution in [3.05, 3.63) is 42.7 Å². The Morgan fingerprint density at radius 2 is 2.10 bits per heavy atom. The van der Waals surface area contributed by atoms with Crippen molar-refractivity contribution in [1.29, 1.82) is 0 Å². The lowest BCUT2D eigenvalue weighted by Gasteiger charge is -2.19. The van der Waals surface area contributed by atoms with E-state index in [-0.39, 0.29) is 0 Å². The van der Waals surface area contributed by atoms with Crippen LogP contribution in [-0.2, 0) is 13.6 Å². The first-order chi connectivity index (χ1) is 9.65. The summed E-state index contributed by atoms with van der Waals surface area (Å²) in [5, 5.41) is 0.948. The second-order valence-corrected chi connectivity index (χ2v) is 4.78. The third-order valence-electron chi connectivity index (χ3n) is 3.30. The van der Waals surface area contributed by atoms with Gasteiger partial charge < -0.3 is 15.2 Å². The van der Waals surface area contributed by atoms with E-state index in [1.165, 1.54) is 0 Å². The fourth-order valence-electron chi connectivity index (χ4n) is 2.20. The van der Waals surface area contributed by atoms with E-state index in [1.807, 2.05) is 48.0 Å². The number of nitrogens with zero attached hydrogens (tertiary/aromatic N) is 5. The molecule has 0 atom stereocenters. The van der Waals surface area contributed by atoms with Crippen LogP contribution in [0.25, 0.3) is 10.9 Å². The Labute approximate surface area is 116 Å². The van der Waals surface area contributed by atoms with Crippen molar-refractivity contribution in [2.45, 2.75) is 6.54 Å². The maximum absolute atomic E-state index is 5.86. The van der Waals surface area contributed by atoms with Crippen LogP contribution in [0.15, 0.2) is 36.9 Å². The molecular weight excluding hydrogens is 252 g/mol. The highest BCUT2D eigenvalue weighted by Crippen LogP contribution is 2.24. The maximum atomic E-state index is 5.86. The van der Waals surface area contributed by atoms with Gasteiger partial charge in [0.15, 0.2) is 0 Å². The highest BCUT2D eigenvalue weighted by molar-refractivity contribution is 5.91.